The van der Waals surface area contributed by atoms with Gasteiger partial charge in [-0.1, -0.05) is 152 Å². The Morgan fingerprint density at radius 2 is 0.347 bits per heavy atom. The SMILES string of the molecule is c1ccc(N(c2ccccc2)c2cc(-c3ccc(-c4ccc(-c5cc(-c6cccs6)cc(-c6ccc(-c7ccc(-c8cc(N(c9ccccc9)c9ccccc9)cc(N(c9ccccc9)c9ccccc9)c8)s7)s6)c5)s4)s3)cc(N(c3ccccc3)c3ccccc3)c2)cc1. The minimum Gasteiger partial charge on any atom is -0.310 e. The number of hydrogen-bond acceptors (Lipinski definition) is 9. The summed E-state index contributed by atoms with van der Waals surface area (Å²) >= 11 is 9.20. The highest BCUT2D eigenvalue weighted by Crippen LogP contribution is 2.50. The first kappa shape index (κ1) is 59.2. The highest BCUT2D eigenvalue weighted by atomic mass is 32.1. The van der Waals surface area contributed by atoms with Gasteiger partial charge in [0.25, 0.3) is 0 Å². The minimum absolute atomic E-state index is 1.07. The van der Waals surface area contributed by atoms with Crippen molar-refractivity contribution in [1.29, 1.82) is 0 Å². The van der Waals surface area contributed by atoms with Gasteiger partial charge in [0, 0.05) is 112 Å². The second-order valence-corrected chi connectivity index (χ2v) is 28.2. The van der Waals surface area contributed by atoms with Crippen LogP contribution in [0.3, 0.4) is 0 Å². The minimum atomic E-state index is 1.07. The normalized spacial score (nSPS) is 11.2. The highest BCUT2D eigenvalue weighted by Gasteiger charge is 2.24. The van der Waals surface area contributed by atoms with E-state index in [-0.39, 0.29) is 0 Å². The zero-order chi connectivity index (χ0) is 63.3. The molecule has 5 aromatic heterocycles. The van der Waals surface area contributed by atoms with E-state index in [4.69, 9.17) is 0 Å². The third-order valence-electron chi connectivity index (χ3n) is 16.7. The molecule has 0 aliphatic heterocycles. The zero-order valence-electron chi connectivity index (χ0n) is 51.5. The van der Waals surface area contributed by atoms with Crippen LogP contribution in [0.4, 0.5) is 68.2 Å². The molecule has 454 valence electrons. The van der Waals surface area contributed by atoms with Gasteiger partial charge in [0.2, 0.25) is 0 Å². The summed E-state index contributed by atoms with van der Waals surface area (Å²) in [4.78, 5) is 20.5. The molecule has 5 heterocycles. The lowest BCUT2D eigenvalue weighted by Crippen LogP contribution is -2.13. The molecule has 9 heteroatoms. The van der Waals surface area contributed by atoms with Crippen LogP contribution in [0.25, 0.3) is 71.7 Å². The summed E-state index contributed by atoms with van der Waals surface area (Å²) in [6.45, 7) is 0. The van der Waals surface area contributed by atoms with Crippen LogP contribution in [0, 0.1) is 0 Å². The molecular weight excluding hydrogens is 1250 g/mol. The topological polar surface area (TPSA) is 13.0 Å². The summed E-state index contributed by atoms with van der Waals surface area (Å²) in [5.41, 5.74) is 18.9. The molecular formula is C86H60N4S5. The van der Waals surface area contributed by atoms with Crippen LogP contribution in [0.5, 0.6) is 0 Å². The molecule has 0 fully saturated rings. The monoisotopic (exact) mass is 1310 g/mol. The molecule has 0 N–H and O–H groups in total. The standard InChI is InChI=1S/C86H60N4S5/c1-9-26-66(27-10-1)87(67-28-11-2-12-29-67)74-55-64(56-75(59-74)88(68-30-13-3-14-31-68)69-32-15-4-16-33-69)81-45-49-85(94-81)83-47-43-79(92-83)62-52-61(78-42-25-51-91-78)53-63(54-62)80-44-48-84(93-80)86-50-46-82(95-86)65-57-76(89(70-34-17-5-18-35-70)71-36-19-6-20-37-71)60-77(58-65)90(72-38-21-7-22-39-72)73-40-23-8-24-41-73/h1-60H. The molecule has 11 aromatic carbocycles. The molecule has 16 rings (SSSR count). The first-order valence-corrected chi connectivity index (χ1v) is 35.7. The molecule has 0 aliphatic carbocycles. The Labute approximate surface area is 575 Å². The highest BCUT2D eigenvalue weighted by molar-refractivity contribution is 7.26. The molecule has 0 saturated carbocycles. The lowest BCUT2D eigenvalue weighted by atomic mass is 10.0. The second-order valence-electron chi connectivity index (χ2n) is 22.9. The first-order valence-electron chi connectivity index (χ1n) is 31.6. The molecule has 4 nitrogen and oxygen atoms in total. The van der Waals surface area contributed by atoms with E-state index >= 15 is 0 Å². The average Bonchev–Trinajstić information content (AvgIpc) is 1.78. The average molecular weight is 1310 g/mol. The van der Waals surface area contributed by atoms with Crippen molar-refractivity contribution in [1.82, 2.24) is 0 Å². The molecule has 0 aliphatic rings. The Morgan fingerprint density at radius 3 is 0.558 bits per heavy atom. The summed E-state index contributed by atoms with van der Waals surface area (Å²) < 4.78 is 0. The smallest absolute Gasteiger partial charge is 0.0488 e. The van der Waals surface area contributed by atoms with Crippen molar-refractivity contribution in [2.24, 2.45) is 0 Å². The summed E-state index contributed by atoms with van der Waals surface area (Å²) in [7, 11) is 0. The third kappa shape index (κ3) is 12.6. The van der Waals surface area contributed by atoms with Crippen LogP contribution in [0.15, 0.2) is 363 Å². The van der Waals surface area contributed by atoms with Gasteiger partial charge in [0.05, 0.1) is 0 Å². The molecule has 0 spiro atoms. The lowest BCUT2D eigenvalue weighted by Gasteiger charge is -2.30. The quantitative estimate of drug-likeness (QED) is 0.0800. The van der Waals surface area contributed by atoms with E-state index in [1.807, 2.05) is 45.3 Å². The van der Waals surface area contributed by atoms with Crippen molar-refractivity contribution >= 4 is 125 Å². The van der Waals surface area contributed by atoms with E-state index < -0.39 is 0 Å². The Bertz CT molecular complexity index is 4520. The summed E-state index contributed by atoms with van der Waals surface area (Å²) in [5, 5.41) is 2.18. The Kier molecular flexibility index (Phi) is 16.8. The number of benzene rings is 11. The van der Waals surface area contributed by atoms with Crippen LogP contribution < -0.4 is 19.6 Å². The molecule has 0 radical (unpaired) electrons. The molecule has 0 atom stereocenters. The molecule has 16 aromatic rings. The van der Waals surface area contributed by atoms with Crippen LogP contribution in [-0.4, -0.2) is 0 Å². The maximum Gasteiger partial charge on any atom is 0.0488 e. The molecule has 0 saturated heterocycles. The number of hydrogen-bond donors (Lipinski definition) is 0. The van der Waals surface area contributed by atoms with Crippen molar-refractivity contribution in [3.8, 4) is 71.7 Å². The van der Waals surface area contributed by atoms with Crippen LogP contribution >= 0.6 is 56.7 Å². The van der Waals surface area contributed by atoms with Crippen molar-refractivity contribution in [3.05, 3.63) is 363 Å². The summed E-state index contributed by atoms with van der Waals surface area (Å²) in [6, 6.07) is 130. The van der Waals surface area contributed by atoms with Gasteiger partial charge in [-0.2, -0.15) is 0 Å². The maximum atomic E-state index is 2.40. The van der Waals surface area contributed by atoms with Gasteiger partial charge in [-0.25, -0.2) is 0 Å². The number of nitrogens with zero attached hydrogens (tertiary/aromatic N) is 4. The van der Waals surface area contributed by atoms with Gasteiger partial charge in [0.15, 0.2) is 0 Å². The predicted molar refractivity (Wildman–Crippen MR) is 413 cm³/mol. The zero-order valence-corrected chi connectivity index (χ0v) is 55.6. The third-order valence-corrected chi connectivity index (χ3v) is 22.6. The molecule has 0 unspecified atom stereocenters. The Balaban J connectivity index is 0.742. The fourth-order valence-electron chi connectivity index (χ4n) is 12.4. The number of thiophene rings is 5. The number of para-hydroxylation sites is 8. The second kappa shape index (κ2) is 27.0. The number of rotatable bonds is 19. The van der Waals surface area contributed by atoms with Gasteiger partial charge in [0.1, 0.15) is 0 Å². The van der Waals surface area contributed by atoms with E-state index in [1.54, 1.807) is 11.3 Å². The van der Waals surface area contributed by atoms with Crippen molar-refractivity contribution in [2.75, 3.05) is 19.6 Å². The van der Waals surface area contributed by atoms with E-state index in [0.717, 1.165) is 79.4 Å². The summed E-state index contributed by atoms with van der Waals surface area (Å²) in [5.74, 6) is 0. The van der Waals surface area contributed by atoms with E-state index in [2.05, 4.69) is 383 Å². The van der Waals surface area contributed by atoms with Gasteiger partial charge in [-0.05, 0) is 239 Å². The van der Waals surface area contributed by atoms with E-state index in [0.29, 0.717) is 0 Å². The fraction of sp³-hybridized carbons (Fsp3) is 0. The van der Waals surface area contributed by atoms with Crippen molar-refractivity contribution < 1.29 is 0 Å². The molecule has 95 heavy (non-hydrogen) atoms. The Hall–Kier alpha value is -10.9. The van der Waals surface area contributed by atoms with E-state index in [1.165, 1.54) is 60.6 Å². The lowest BCUT2D eigenvalue weighted by molar-refractivity contribution is 1.25. The van der Waals surface area contributed by atoms with Gasteiger partial charge < -0.3 is 19.6 Å². The van der Waals surface area contributed by atoms with Crippen LogP contribution in [0.1, 0.15) is 0 Å². The van der Waals surface area contributed by atoms with Crippen LogP contribution in [0.2, 0.25) is 0 Å². The van der Waals surface area contributed by atoms with Gasteiger partial charge in [-0.15, -0.1) is 56.7 Å². The maximum absolute atomic E-state index is 2.40. The predicted octanol–water partition coefficient (Wildman–Crippen LogP) is 27.5. The first-order chi connectivity index (χ1) is 47.1. The summed E-state index contributed by atoms with van der Waals surface area (Å²) in [6.07, 6.45) is 0. The van der Waals surface area contributed by atoms with Crippen molar-refractivity contribution in [2.45, 2.75) is 0 Å². The fourth-order valence-corrected chi connectivity index (χ4v) is 17.3. The Morgan fingerprint density at radius 1 is 0.147 bits per heavy atom. The van der Waals surface area contributed by atoms with Gasteiger partial charge >= 0.3 is 0 Å². The van der Waals surface area contributed by atoms with Crippen LogP contribution in [-0.2, 0) is 0 Å². The number of anilines is 12. The largest absolute Gasteiger partial charge is 0.310 e. The van der Waals surface area contributed by atoms with E-state index in [9.17, 15) is 0 Å². The molecule has 0 amide bonds. The molecule has 0 bridgehead atoms. The van der Waals surface area contributed by atoms with Crippen molar-refractivity contribution in [3.63, 3.8) is 0 Å². The van der Waals surface area contributed by atoms with Gasteiger partial charge in [-0.3, -0.25) is 0 Å².